The van der Waals surface area contributed by atoms with Crippen LogP contribution in [0.2, 0.25) is 0 Å². The van der Waals surface area contributed by atoms with E-state index >= 15 is 0 Å². The number of alkyl halides is 3. The summed E-state index contributed by atoms with van der Waals surface area (Å²) in [6, 6.07) is 2.48. The normalized spacial score (nSPS) is 27.3. The molecule has 0 bridgehead atoms. The lowest BCUT2D eigenvalue weighted by Gasteiger charge is -2.36. The van der Waals surface area contributed by atoms with E-state index in [1.54, 1.807) is 6.26 Å². The molecule has 0 spiro atoms. The largest absolute Gasteiger partial charge is 0.490 e. The number of carbonyl (C=O) groups is 2. The van der Waals surface area contributed by atoms with Crippen molar-refractivity contribution in [1.82, 2.24) is 9.80 Å². The van der Waals surface area contributed by atoms with Crippen LogP contribution in [0.3, 0.4) is 0 Å². The van der Waals surface area contributed by atoms with Crippen LogP contribution in [0, 0.1) is 0 Å². The summed E-state index contributed by atoms with van der Waals surface area (Å²) in [5.74, 6) is -2.53. The standard InChI is InChI=1S/C17H24N2O3.C2HF3O2/c20-17(18-7-1-2-8-18)16-4-3-14-15(22-16)5-9-19(14)11-13-6-10-21-12-13;3-2(4,5)1(6)7/h6,10,12,14-16H,1-5,7-9,11H2;(H,6,7)/t14-,15-,16+;/m1./s1. The van der Waals surface area contributed by atoms with Crippen molar-refractivity contribution in [2.75, 3.05) is 19.6 Å². The number of fused-ring (bicyclic) bond motifs is 1. The minimum absolute atomic E-state index is 0.201. The molecule has 29 heavy (non-hydrogen) atoms. The Morgan fingerprint density at radius 1 is 1.14 bits per heavy atom. The number of hydrogen-bond donors (Lipinski definition) is 1. The van der Waals surface area contributed by atoms with E-state index in [0.717, 1.165) is 58.3 Å². The van der Waals surface area contributed by atoms with Crippen LogP contribution in [0.5, 0.6) is 0 Å². The summed E-state index contributed by atoms with van der Waals surface area (Å²) in [6.45, 7) is 3.80. The third-order valence-electron chi connectivity index (χ3n) is 5.56. The molecule has 3 aliphatic rings. The highest BCUT2D eigenvalue weighted by atomic mass is 19.4. The number of halogens is 3. The number of carboxylic acid groups (broad SMARTS) is 1. The highest BCUT2D eigenvalue weighted by molar-refractivity contribution is 5.81. The van der Waals surface area contributed by atoms with Crippen LogP contribution < -0.4 is 0 Å². The van der Waals surface area contributed by atoms with E-state index in [4.69, 9.17) is 19.1 Å². The van der Waals surface area contributed by atoms with Gasteiger partial charge in [-0.1, -0.05) is 0 Å². The van der Waals surface area contributed by atoms with Crippen LogP contribution in [0.4, 0.5) is 13.2 Å². The molecular weight excluding hydrogens is 393 g/mol. The number of hydrogen-bond acceptors (Lipinski definition) is 5. The van der Waals surface area contributed by atoms with Gasteiger partial charge in [0, 0.05) is 37.8 Å². The number of amides is 1. The Balaban J connectivity index is 0.000000298. The molecule has 1 aromatic rings. The Hall–Kier alpha value is -2.07. The van der Waals surface area contributed by atoms with E-state index in [0.29, 0.717) is 6.04 Å². The molecule has 3 atom stereocenters. The molecule has 0 aromatic carbocycles. The van der Waals surface area contributed by atoms with Gasteiger partial charge in [-0.2, -0.15) is 13.2 Å². The molecule has 3 fully saturated rings. The van der Waals surface area contributed by atoms with Gasteiger partial charge in [0.15, 0.2) is 0 Å². The predicted molar refractivity (Wildman–Crippen MR) is 94.9 cm³/mol. The number of carbonyl (C=O) groups excluding carboxylic acids is 1. The summed E-state index contributed by atoms with van der Waals surface area (Å²) in [4.78, 5) is 25.9. The topological polar surface area (TPSA) is 83.2 Å². The monoisotopic (exact) mass is 418 g/mol. The first-order chi connectivity index (χ1) is 13.8. The summed E-state index contributed by atoms with van der Waals surface area (Å²) in [6.07, 6.45) is 3.72. The van der Waals surface area contributed by atoms with Crippen molar-refractivity contribution < 1.29 is 37.0 Å². The van der Waals surface area contributed by atoms with Gasteiger partial charge in [0.05, 0.1) is 18.6 Å². The number of furan rings is 1. The zero-order valence-electron chi connectivity index (χ0n) is 15.9. The van der Waals surface area contributed by atoms with Crippen molar-refractivity contribution in [1.29, 1.82) is 0 Å². The highest BCUT2D eigenvalue weighted by Crippen LogP contribution is 2.33. The van der Waals surface area contributed by atoms with E-state index in [2.05, 4.69) is 4.90 Å². The summed E-state index contributed by atoms with van der Waals surface area (Å²) in [5.41, 5.74) is 1.22. The van der Waals surface area contributed by atoms with Gasteiger partial charge >= 0.3 is 12.1 Å². The van der Waals surface area contributed by atoms with E-state index < -0.39 is 12.1 Å². The molecular formula is C19H25F3N2O5. The summed E-state index contributed by atoms with van der Waals surface area (Å²) < 4.78 is 43.1. The molecule has 0 aliphatic carbocycles. The summed E-state index contributed by atoms with van der Waals surface area (Å²) >= 11 is 0. The van der Waals surface area contributed by atoms with Gasteiger partial charge in [0.2, 0.25) is 0 Å². The molecule has 0 unspecified atom stereocenters. The van der Waals surface area contributed by atoms with Gasteiger partial charge in [-0.25, -0.2) is 4.79 Å². The number of nitrogens with zero attached hydrogens (tertiary/aromatic N) is 2. The molecule has 1 amide bonds. The summed E-state index contributed by atoms with van der Waals surface area (Å²) in [5, 5.41) is 7.12. The number of aliphatic carboxylic acids is 1. The number of ether oxygens (including phenoxy) is 1. The molecule has 4 rings (SSSR count). The van der Waals surface area contributed by atoms with Crippen LogP contribution in [0.15, 0.2) is 23.0 Å². The van der Waals surface area contributed by atoms with Crippen molar-refractivity contribution in [2.45, 2.75) is 63.1 Å². The maximum Gasteiger partial charge on any atom is 0.490 e. The fourth-order valence-corrected chi connectivity index (χ4v) is 4.15. The molecule has 3 aliphatic heterocycles. The average Bonchev–Trinajstić information content (AvgIpc) is 3.43. The highest BCUT2D eigenvalue weighted by Gasteiger charge is 2.42. The Kier molecular flexibility index (Phi) is 6.84. The minimum Gasteiger partial charge on any atom is -0.475 e. The van der Waals surface area contributed by atoms with Crippen LogP contribution in [0.1, 0.15) is 37.7 Å². The third kappa shape index (κ3) is 5.51. The molecule has 0 saturated carbocycles. The second-order valence-electron chi connectivity index (χ2n) is 7.53. The average molecular weight is 418 g/mol. The predicted octanol–water partition coefficient (Wildman–Crippen LogP) is 2.66. The maximum atomic E-state index is 12.5. The first kappa shape index (κ1) is 21.6. The van der Waals surface area contributed by atoms with Gasteiger partial charge in [-0.15, -0.1) is 0 Å². The van der Waals surface area contributed by atoms with Gasteiger partial charge in [0.1, 0.15) is 6.10 Å². The quantitative estimate of drug-likeness (QED) is 0.813. The third-order valence-corrected chi connectivity index (χ3v) is 5.56. The zero-order chi connectivity index (χ0) is 21.0. The van der Waals surface area contributed by atoms with E-state index in [1.165, 1.54) is 5.56 Å². The molecule has 10 heteroatoms. The van der Waals surface area contributed by atoms with Gasteiger partial charge in [0.25, 0.3) is 5.91 Å². The van der Waals surface area contributed by atoms with Crippen LogP contribution in [-0.4, -0.2) is 70.8 Å². The van der Waals surface area contributed by atoms with E-state index in [-0.39, 0.29) is 18.1 Å². The van der Waals surface area contributed by atoms with Gasteiger partial charge in [-0.05, 0) is 38.2 Å². The van der Waals surface area contributed by atoms with Crippen LogP contribution >= 0.6 is 0 Å². The molecule has 4 heterocycles. The van der Waals surface area contributed by atoms with Crippen molar-refractivity contribution in [3.05, 3.63) is 24.2 Å². The molecule has 0 radical (unpaired) electrons. The SMILES string of the molecule is O=C(O)C(F)(F)F.O=C([C@@H]1CC[C@@H]2[C@@H](CCN2Cc2ccoc2)O1)N1CCCC1. The molecule has 1 N–H and O–H groups in total. The van der Waals surface area contributed by atoms with Gasteiger partial charge in [-0.3, -0.25) is 9.69 Å². The Morgan fingerprint density at radius 3 is 2.41 bits per heavy atom. The zero-order valence-corrected chi connectivity index (χ0v) is 15.9. The molecule has 162 valence electrons. The summed E-state index contributed by atoms with van der Waals surface area (Å²) in [7, 11) is 0. The maximum absolute atomic E-state index is 12.5. The number of rotatable bonds is 3. The second kappa shape index (κ2) is 9.17. The smallest absolute Gasteiger partial charge is 0.475 e. The first-order valence-electron chi connectivity index (χ1n) is 9.75. The lowest BCUT2D eigenvalue weighted by atomic mass is 9.98. The lowest BCUT2D eigenvalue weighted by Crippen LogP contribution is -2.48. The van der Waals surface area contributed by atoms with Crippen molar-refractivity contribution >= 4 is 11.9 Å². The first-order valence-corrected chi connectivity index (χ1v) is 9.75. The van der Waals surface area contributed by atoms with E-state index in [1.807, 2.05) is 17.2 Å². The number of carboxylic acids is 1. The Bertz CT molecular complexity index is 689. The Morgan fingerprint density at radius 2 is 1.83 bits per heavy atom. The molecule has 3 saturated heterocycles. The van der Waals surface area contributed by atoms with Crippen molar-refractivity contribution in [3.8, 4) is 0 Å². The lowest BCUT2D eigenvalue weighted by molar-refractivity contribution is -0.192. The molecule has 7 nitrogen and oxygen atoms in total. The molecule has 1 aromatic heterocycles. The van der Waals surface area contributed by atoms with E-state index in [9.17, 15) is 18.0 Å². The van der Waals surface area contributed by atoms with Crippen LogP contribution in [0.25, 0.3) is 0 Å². The Labute approximate surface area is 166 Å². The van der Waals surface area contributed by atoms with Gasteiger partial charge < -0.3 is 19.2 Å². The number of likely N-dealkylation sites (tertiary alicyclic amines) is 2. The van der Waals surface area contributed by atoms with Crippen molar-refractivity contribution in [2.24, 2.45) is 0 Å². The van der Waals surface area contributed by atoms with Crippen molar-refractivity contribution in [3.63, 3.8) is 0 Å². The second-order valence-corrected chi connectivity index (χ2v) is 7.53. The van der Waals surface area contributed by atoms with Crippen LogP contribution in [-0.2, 0) is 20.9 Å². The fourth-order valence-electron chi connectivity index (χ4n) is 4.15. The fraction of sp³-hybridized carbons (Fsp3) is 0.684. The minimum atomic E-state index is -5.08.